The lowest BCUT2D eigenvalue weighted by Crippen LogP contribution is -1.97. The van der Waals surface area contributed by atoms with Gasteiger partial charge in [-0.25, -0.2) is 4.39 Å². The lowest BCUT2D eigenvalue weighted by atomic mass is 10.00. The molecule has 0 aromatic heterocycles. The van der Waals surface area contributed by atoms with Crippen molar-refractivity contribution in [2.24, 2.45) is 0 Å². The van der Waals surface area contributed by atoms with Crippen molar-refractivity contribution in [3.05, 3.63) is 88.7 Å². The zero-order chi connectivity index (χ0) is 16.9. The van der Waals surface area contributed by atoms with Gasteiger partial charge in [-0.05, 0) is 47.0 Å². The van der Waals surface area contributed by atoms with E-state index in [1.54, 1.807) is 24.3 Å². The number of hydrogen-bond donors (Lipinski definition) is 0. The SMILES string of the molecule is O=Cc1cc(OCc2ccccc2)ccc1-c1ccc(Cl)c(F)c1. The van der Waals surface area contributed by atoms with Crippen molar-refractivity contribution in [1.82, 2.24) is 0 Å². The van der Waals surface area contributed by atoms with Gasteiger partial charge in [-0.2, -0.15) is 0 Å². The van der Waals surface area contributed by atoms with Crippen LogP contribution in [0.2, 0.25) is 5.02 Å². The summed E-state index contributed by atoms with van der Waals surface area (Å²) in [6, 6.07) is 19.4. The summed E-state index contributed by atoms with van der Waals surface area (Å²) >= 11 is 5.70. The fourth-order valence-electron chi connectivity index (χ4n) is 2.40. The van der Waals surface area contributed by atoms with Gasteiger partial charge in [0, 0.05) is 5.56 Å². The molecule has 0 unspecified atom stereocenters. The minimum atomic E-state index is -0.518. The Hall–Kier alpha value is -2.65. The van der Waals surface area contributed by atoms with Crippen LogP contribution in [0.25, 0.3) is 11.1 Å². The van der Waals surface area contributed by atoms with Gasteiger partial charge in [0.1, 0.15) is 18.2 Å². The highest BCUT2D eigenvalue weighted by Crippen LogP contribution is 2.29. The maximum Gasteiger partial charge on any atom is 0.150 e. The molecule has 0 radical (unpaired) electrons. The van der Waals surface area contributed by atoms with Gasteiger partial charge in [0.05, 0.1) is 5.02 Å². The van der Waals surface area contributed by atoms with Crippen LogP contribution in [0.3, 0.4) is 0 Å². The minimum Gasteiger partial charge on any atom is -0.489 e. The highest BCUT2D eigenvalue weighted by atomic mass is 35.5. The Kier molecular flexibility index (Phi) is 4.92. The Bertz CT molecular complexity index is 863. The summed E-state index contributed by atoms with van der Waals surface area (Å²) in [6.07, 6.45) is 0.733. The highest BCUT2D eigenvalue weighted by Gasteiger charge is 2.09. The van der Waals surface area contributed by atoms with Crippen LogP contribution < -0.4 is 4.74 Å². The number of aldehydes is 1. The normalized spacial score (nSPS) is 10.4. The van der Waals surface area contributed by atoms with Crippen molar-refractivity contribution < 1.29 is 13.9 Å². The Morgan fingerprint density at radius 1 is 1.00 bits per heavy atom. The smallest absolute Gasteiger partial charge is 0.150 e. The number of ether oxygens (including phenoxy) is 1. The van der Waals surface area contributed by atoms with Gasteiger partial charge >= 0.3 is 0 Å². The van der Waals surface area contributed by atoms with Crippen molar-refractivity contribution in [1.29, 1.82) is 0 Å². The first-order valence-electron chi connectivity index (χ1n) is 7.39. The second-order valence-corrected chi connectivity index (χ2v) is 5.68. The molecule has 0 saturated heterocycles. The molecule has 0 spiro atoms. The first-order chi connectivity index (χ1) is 11.7. The Morgan fingerprint density at radius 2 is 1.79 bits per heavy atom. The molecule has 4 heteroatoms. The Balaban J connectivity index is 1.85. The van der Waals surface area contributed by atoms with E-state index in [1.807, 2.05) is 30.3 Å². The highest BCUT2D eigenvalue weighted by molar-refractivity contribution is 6.30. The number of carbonyl (C=O) groups excluding carboxylic acids is 1. The van der Waals surface area contributed by atoms with Gasteiger partial charge in [0.25, 0.3) is 0 Å². The molecule has 0 fully saturated rings. The molecule has 0 aliphatic rings. The van der Waals surface area contributed by atoms with Crippen molar-refractivity contribution in [3.63, 3.8) is 0 Å². The second kappa shape index (κ2) is 7.28. The van der Waals surface area contributed by atoms with Crippen LogP contribution in [0.4, 0.5) is 4.39 Å². The third-order valence-electron chi connectivity index (χ3n) is 3.63. The third kappa shape index (κ3) is 3.63. The number of halogens is 2. The molecule has 120 valence electrons. The van der Waals surface area contributed by atoms with E-state index in [2.05, 4.69) is 0 Å². The van der Waals surface area contributed by atoms with E-state index in [0.29, 0.717) is 29.0 Å². The second-order valence-electron chi connectivity index (χ2n) is 5.27. The fourth-order valence-corrected chi connectivity index (χ4v) is 2.51. The molecule has 0 heterocycles. The third-order valence-corrected chi connectivity index (χ3v) is 3.94. The molecule has 0 N–H and O–H groups in total. The van der Waals surface area contributed by atoms with E-state index < -0.39 is 5.82 Å². The molecule has 0 aliphatic carbocycles. The predicted molar refractivity (Wildman–Crippen MR) is 93.0 cm³/mol. The summed E-state index contributed by atoms with van der Waals surface area (Å²) in [5, 5.41) is 0.0502. The largest absolute Gasteiger partial charge is 0.489 e. The van der Waals surface area contributed by atoms with Crippen LogP contribution in [0.1, 0.15) is 15.9 Å². The van der Waals surface area contributed by atoms with Crippen LogP contribution >= 0.6 is 11.6 Å². The van der Waals surface area contributed by atoms with E-state index in [1.165, 1.54) is 12.1 Å². The summed E-state index contributed by atoms with van der Waals surface area (Å²) in [4.78, 5) is 11.4. The summed E-state index contributed by atoms with van der Waals surface area (Å²) in [7, 11) is 0. The average molecular weight is 341 g/mol. The summed E-state index contributed by atoms with van der Waals surface area (Å²) in [5.41, 5.74) is 2.69. The standard InChI is InChI=1S/C20H14ClFO2/c21-19-9-6-15(11-20(19)22)18-8-7-17(10-16(18)12-23)24-13-14-4-2-1-3-5-14/h1-12H,13H2. The van der Waals surface area contributed by atoms with Crippen LogP contribution in [0, 0.1) is 5.82 Å². The van der Waals surface area contributed by atoms with Crippen molar-refractivity contribution in [3.8, 4) is 16.9 Å². The molecule has 0 aliphatic heterocycles. The average Bonchev–Trinajstić information content (AvgIpc) is 2.63. The summed E-state index contributed by atoms with van der Waals surface area (Å²) in [5.74, 6) is 0.0644. The van der Waals surface area contributed by atoms with Crippen molar-refractivity contribution in [2.75, 3.05) is 0 Å². The van der Waals surface area contributed by atoms with Crippen LogP contribution in [-0.4, -0.2) is 6.29 Å². The molecular weight excluding hydrogens is 327 g/mol. The first-order valence-corrected chi connectivity index (χ1v) is 7.76. The molecule has 0 saturated carbocycles. The molecule has 0 bridgehead atoms. The van der Waals surface area contributed by atoms with Crippen LogP contribution in [-0.2, 0) is 6.61 Å². The monoisotopic (exact) mass is 340 g/mol. The van der Waals surface area contributed by atoms with Gasteiger partial charge in [-0.15, -0.1) is 0 Å². The Morgan fingerprint density at radius 3 is 2.50 bits per heavy atom. The van der Waals surface area contributed by atoms with Gasteiger partial charge in [-0.1, -0.05) is 48.0 Å². The minimum absolute atomic E-state index is 0.0502. The molecule has 0 amide bonds. The zero-order valence-electron chi connectivity index (χ0n) is 12.7. The lowest BCUT2D eigenvalue weighted by Gasteiger charge is -2.10. The van der Waals surface area contributed by atoms with E-state index >= 15 is 0 Å². The number of benzene rings is 3. The molecule has 3 aromatic carbocycles. The molecule has 0 atom stereocenters. The van der Waals surface area contributed by atoms with Gasteiger partial charge in [-0.3, -0.25) is 4.79 Å². The maximum atomic E-state index is 13.6. The summed E-state index contributed by atoms with van der Waals surface area (Å²) < 4.78 is 19.4. The van der Waals surface area contributed by atoms with Crippen LogP contribution in [0.5, 0.6) is 5.75 Å². The van der Waals surface area contributed by atoms with Crippen molar-refractivity contribution in [2.45, 2.75) is 6.61 Å². The number of carbonyl (C=O) groups is 1. The quantitative estimate of drug-likeness (QED) is 0.570. The van der Waals surface area contributed by atoms with Crippen LogP contribution in [0.15, 0.2) is 66.7 Å². The summed E-state index contributed by atoms with van der Waals surface area (Å²) in [6.45, 7) is 0.411. The van der Waals surface area contributed by atoms with Gasteiger partial charge in [0.2, 0.25) is 0 Å². The fraction of sp³-hybridized carbons (Fsp3) is 0.0500. The lowest BCUT2D eigenvalue weighted by molar-refractivity contribution is 0.112. The topological polar surface area (TPSA) is 26.3 Å². The van der Waals surface area contributed by atoms with Gasteiger partial charge in [0.15, 0.2) is 6.29 Å². The predicted octanol–water partition coefficient (Wildman–Crippen LogP) is 5.54. The first kappa shape index (κ1) is 16.2. The molecule has 3 rings (SSSR count). The number of rotatable bonds is 5. The van der Waals surface area contributed by atoms with Crippen molar-refractivity contribution >= 4 is 17.9 Å². The molecule has 24 heavy (non-hydrogen) atoms. The molecule has 2 nitrogen and oxygen atoms in total. The number of hydrogen-bond acceptors (Lipinski definition) is 2. The zero-order valence-corrected chi connectivity index (χ0v) is 13.5. The van der Waals surface area contributed by atoms with E-state index in [9.17, 15) is 9.18 Å². The molecular formula is C20H14ClFO2. The van der Waals surface area contributed by atoms with E-state index in [0.717, 1.165) is 11.8 Å². The van der Waals surface area contributed by atoms with Gasteiger partial charge < -0.3 is 4.74 Å². The van der Waals surface area contributed by atoms with E-state index in [4.69, 9.17) is 16.3 Å². The maximum absolute atomic E-state index is 13.6. The van der Waals surface area contributed by atoms with E-state index in [-0.39, 0.29) is 5.02 Å². The Labute approximate surface area is 144 Å². The molecule has 3 aromatic rings.